The second-order valence-electron chi connectivity index (χ2n) is 3.92. The Morgan fingerprint density at radius 1 is 1.42 bits per heavy atom. The van der Waals surface area contributed by atoms with Gasteiger partial charge in [-0.25, -0.2) is 0 Å². The van der Waals surface area contributed by atoms with Crippen molar-refractivity contribution in [1.29, 1.82) is 0 Å². The van der Waals surface area contributed by atoms with E-state index in [0.29, 0.717) is 12.5 Å². The molecule has 2 unspecified atom stereocenters. The first-order chi connectivity index (χ1) is 5.72. The molecule has 5 N–H and O–H groups in total. The van der Waals surface area contributed by atoms with E-state index in [1.165, 1.54) is 6.42 Å². The first kappa shape index (κ1) is 9.96. The van der Waals surface area contributed by atoms with Crippen LogP contribution in [-0.4, -0.2) is 23.8 Å². The minimum atomic E-state index is -0.0891. The lowest BCUT2D eigenvalue weighted by Crippen LogP contribution is -2.33. The van der Waals surface area contributed by atoms with Gasteiger partial charge in [0.25, 0.3) is 0 Å². The molecule has 0 aromatic carbocycles. The zero-order valence-electron chi connectivity index (χ0n) is 7.58. The molecule has 0 bridgehead atoms. The van der Waals surface area contributed by atoms with Crippen LogP contribution in [0.5, 0.6) is 0 Å². The summed E-state index contributed by atoms with van der Waals surface area (Å²) in [7, 11) is 0. The summed E-state index contributed by atoms with van der Waals surface area (Å²) in [6.07, 6.45) is 5.14. The molecular formula is C9H20N2O. The topological polar surface area (TPSA) is 72.3 Å². The molecule has 0 radical (unpaired) electrons. The molecule has 0 aromatic heterocycles. The first-order valence-electron chi connectivity index (χ1n) is 4.86. The van der Waals surface area contributed by atoms with Gasteiger partial charge >= 0.3 is 0 Å². The van der Waals surface area contributed by atoms with Crippen LogP contribution in [0.3, 0.4) is 0 Å². The van der Waals surface area contributed by atoms with Crippen molar-refractivity contribution in [2.45, 2.75) is 44.2 Å². The van der Waals surface area contributed by atoms with Crippen LogP contribution in [0, 0.1) is 5.92 Å². The number of aliphatic hydroxyl groups excluding tert-OH is 1. The smallest absolute Gasteiger partial charge is 0.0542 e. The van der Waals surface area contributed by atoms with Crippen molar-refractivity contribution in [1.82, 2.24) is 0 Å². The molecule has 3 atom stereocenters. The fourth-order valence-electron chi connectivity index (χ4n) is 2.00. The normalized spacial score (nSPS) is 33.2. The summed E-state index contributed by atoms with van der Waals surface area (Å²) in [6.45, 7) is 0.562. The van der Waals surface area contributed by atoms with E-state index in [4.69, 9.17) is 11.5 Å². The SMILES string of the molecule is NC[C@@H](N)CC1CCCC(O)C1. The number of hydrogen-bond acceptors (Lipinski definition) is 3. The van der Waals surface area contributed by atoms with Crippen LogP contribution >= 0.6 is 0 Å². The summed E-state index contributed by atoms with van der Waals surface area (Å²) in [6, 6.07) is 0.125. The Kier molecular flexibility index (Phi) is 3.98. The van der Waals surface area contributed by atoms with Gasteiger partial charge in [0.05, 0.1) is 6.10 Å². The summed E-state index contributed by atoms with van der Waals surface area (Å²) < 4.78 is 0. The summed E-state index contributed by atoms with van der Waals surface area (Å²) in [5.74, 6) is 0.604. The molecule has 1 aliphatic rings. The summed E-state index contributed by atoms with van der Waals surface area (Å²) in [5.41, 5.74) is 11.2. The van der Waals surface area contributed by atoms with Crippen molar-refractivity contribution in [2.24, 2.45) is 17.4 Å². The number of nitrogens with two attached hydrogens (primary N) is 2. The molecule has 1 aliphatic carbocycles. The van der Waals surface area contributed by atoms with E-state index < -0.39 is 0 Å². The molecule has 0 saturated heterocycles. The molecule has 1 rings (SSSR count). The Hall–Kier alpha value is -0.120. The van der Waals surface area contributed by atoms with Gasteiger partial charge < -0.3 is 16.6 Å². The molecule has 3 nitrogen and oxygen atoms in total. The summed E-state index contributed by atoms with van der Waals surface area (Å²) >= 11 is 0. The Morgan fingerprint density at radius 2 is 2.17 bits per heavy atom. The predicted molar refractivity (Wildman–Crippen MR) is 49.6 cm³/mol. The third-order valence-electron chi connectivity index (χ3n) is 2.69. The Balaban J connectivity index is 2.22. The number of aliphatic hydroxyl groups is 1. The average molecular weight is 172 g/mol. The van der Waals surface area contributed by atoms with Gasteiger partial charge in [0.2, 0.25) is 0 Å². The quantitative estimate of drug-likeness (QED) is 0.570. The van der Waals surface area contributed by atoms with Gasteiger partial charge in [-0.1, -0.05) is 12.8 Å². The zero-order valence-corrected chi connectivity index (χ0v) is 7.58. The molecular weight excluding hydrogens is 152 g/mol. The van der Waals surface area contributed by atoms with Crippen molar-refractivity contribution in [3.63, 3.8) is 0 Å². The van der Waals surface area contributed by atoms with Crippen molar-refractivity contribution >= 4 is 0 Å². The zero-order chi connectivity index (χ0) is 8.97. The lowest BCUT2D eigenvalue weighted by molar-refractivity contribution is 0.0962. The van der Waals surface area contributed by atoms with Gasteiger partial charge in [0.1, 0.15) is 0 Å². The lowest BCUT2D eigenvalue weighted by Gasteiger charge is -2.27. The largest absolute Gasteiger partial charge is 0.393 e. The Morgan fingerprint density at radius 3 is 2.75 bits per heavy atom. The average Bonchev–Trinajstić information content (AvgIpc) is 2.04. The molecule has 3 heteroatoms. The third-order valence-corrected chi connectivity index (χ3v) is 2.69. The van der Waals surface area contributed by atoms with E-state index in [9.17, 15) is 5.11 Å². The minimum absolute atomic E-state index is 0.0891. The molecule has 0 amide bonds. The molecule has 1 fully saturated rings. The Bertz CT molecular complexity index is 130. The molecule has 0 aromatic rings. The minimum Gasteiger partial charge on any atom is -0.393 e. The van der Waals surface area contributed by atoms with E-state index >= 15 is 0 Å². The highest BCUT2D eigenvalue weighted by Gasteiger charge is 2.21. The Labute approximate surface area is 74.1 Å². The highest BCUT2D eigenvalue weighted by Crippen LogP contribution is 2.27. The standard InChI is InChI=1S/C9H20N2O/c10-6-8(11)4-7-2-1-3-9(12)5-7/h7-9,12H,1-6,10-11H2/t7?,8-,9?/m0/s1. The van der Waals surface area contributed by atoms with E-state index in [2.05, 4.69) is 0 Å². The maximum atomic E-state index is 9.39. The van der Waals surface area contributed by atoms with Crippen LogP contribution in [-0.2, 0) is 0 Å². The van der Waals surface area contributed by atoms with Gasteiger partial charge in [-0.15, -0.1) is 0 Å². The maximum Gasteiger partial charge on any atom is 0.0542 e. The van der Waals surface area contributed by atoms with E-state index in [0.717, 1.165) is 25.7 Å². The second kappa shape index (κ2) is 4.80. The second-order valence-corrected chi connectivity index (χ2v) is 3.92. The van der Waals surface area contributed by atoms with Crippen molar-refractivity contribution in [3.8, 4) is 0 Å². The summed E-state index contributed by atoms with van der Waals surface area (Å²) in [5, 5.41) is 9.39. The monoisotopic (exact) mass is 172 g/mol. The number of rotatable bonds is 3. The third kappa shape index (κ3) is 3.09. The molecule has 72 valence electrons. The van der Waals surface area contributed by atoms with Crippen LogP contribution in [0.15, 0.2) is 0 Å². The molecule has 0 spiro atoms. The maximum absolute atomic E-state index is 9.39. The lowest BCUT2D eigenvalue weighted by atomic mass is 9.83. The highest BCUT2D eigenvalue weighted by atomic mass is 16.3. The van der Waals surface area contributed by atoms with Gasteiger partial charge in [-0.2, -0.15) is 0 Å². The molecule has 0 heterocycles. The van der Waals surface area contributed by atoms with Crippen molar-refractivity contribution in [3.05, 3.63) is 0 Å². The van der Waals surface area contributed by atoms with Crippen LogP contribution in [0.4, 0.5) is 0 Å². The van der Waals surface area contributed by atoms with Crippen LogP contribution in [0.1, 0.15) is 32.1 Å². The number of hydrogen-bond donors (Lipinski definition) is 3. The summed E-state index contributed by atoms with van der Waals surface area (Å²) in [4.78, 5) is 0. The first-order valence-corrected chi connectivity index (χ1v) is 4.86. The van der Waals surface area contributed by atoms with Crippen LogP contribution in [0.2, 0.25) is 0 Å². The van der Waals surface area contributed by atoms with Gasteiger partial charge in [-0.05, 0) is 25.2 Å². The van der Waals surface area contributed by atoms with E-state index in [1.54, 1.807) is 0 Å². The molecule has 1 saturated carbocycles. The van der Waals surface area contributed by atoms with Gasteiger partial charge in [-0.3, -0.25) is 0 Å². The molecule has 12 heavy (non-hydrogen) atoms. The van der Waals surface area contributed by atoms with E-state index in [-0.39, 0.29) is 12.1 Å². The predicted octanol–water partition coefficient (Wildman–Crippen LogP) is 0.214. The van der Waals surface area contributed by atoms with Crippen molar-refractivity contribution < 1.29 is 5.11 Å². The van der Waals surface area contributed by atoms with Crippen molar-refractivity contribution in [2.75, 3.05) is 6.54 Å². The fraction of sp³-hybridized carbons (Fsp3) is 1.00. The fourth-order valence-corrected chi connectivity index (χ4v) is 2.00. The van der Waals surface area contributed by atoms with Gasteiger partial charge in [0, 0.05) is 12.6 Å². The highest BCUT2D eigenvalue weighted by molar-refractivity contribution is 4.76. The van der Waals surface area contributed by atoms with Crippen LogP contribution < -0.4 is 11.5 Å². The molecule has 0 aliphatic heterocycles. The van der Waals surface area contributed by atoms with E-state index in [1.807, 2.05) is 0 Å². The van der Waals surface area contributed by atoms with Gasteiger partial charge in [0.15, 0.2) is 0 Å². The van der Waals surface area contributed by atoms with Crippen LogP contribution in [0.25, 0.3) is 0 Å².